The van der Waals surface area contributed by atoms with E-state index in [0.29, 0.717) is 30.0 Å². The fourth-order valence-corrected chi connectivity index (χ4v) is 6.48. The third-order valence-corrected chi connectivity index (χ3v) is 8.78. The molecule has 3 aliphatic rings. The number of ether oxygens (including phenoxy) is 1. The molecule has 0 unspecified atom stereocenters. The number of nitrogens with zero attached hydrogens (tertiary/aromatic N) is 4. The zero-order valence-electron chi connectivity index (χ0n) is 22.3. The van der Waals surface area contributed by atoms with E-state index in [1.165, 1.54) is 23.1 Å². The standard InChI is InChI=1S/C30H37FN4O3/c1-19-13-32-14-28-29(19)22(9-21-16-34(17-21)15-20-5-7-38-8-6-20)18-35(28)27-4-3-23(31)10-26(27)30(37)33(2)24-11-25(36)12-24/h3-4,10,13-14,18,20-21,24-25,36H,5-9,11-12,15-17H2,1-2H3/t24-,25-. The summed E-state index contributed by atoms with van der Waals surface area (Å²) in [4.78, 5) is 22.2. The van der Waals surface area contributed by atoms with Crippen LogP contribution in [-0.4, -0.2) is 82.4 Å². The largest absolute Gasteiger partial charge is 0.393 e. The quantitative estimate of drug-likeness (QED) is 0.511. The van der Waals surface area contributed by atoms with E-state index in [1.54, 1.807) is 18.0 Å². The van der Waals surface area contributed by atoms with Gasteiger partial charge in [-0.2, -0.15) is 0 Å². The van der Waals surface area contributed by atoms with E-state index in [-0.39, 0.29) is 18.1 Å². The molecule has 3 fully saturated rings. The molecule has 6 rings (SSSR count). The van der Waals surface area contributed by atoms with E-state index >= 15 is 0 Å². The van der Waals surface area contributed by atoms with E-state index in [9.17, 15) is 14.3 Å². The molecule has 2 aliphatic heterocycles. The highest BCUT2D eigenvalue weighted by atomic mass is 19.1. The number of fused-ring (bicyclic) bond motifs is 1. The van der Waals surface area contributed by atoms with Gasteiger partial charge in [0.25, 0.3) is 5.91 Å². The number of halogens is 1. The number of carbonyl (C=O) groups excluding carboxylic acids is 1. The van der Waals surface area contributed by atoms with Crippen molar-refractivity contribution in [3.63, 3.8) is 0 Å². The van der Waals surface area contributed by atoms with Gasteiger partial charge in [-0.05, 0) is 80.2 Å². The lowest BCUT2D eigenvalue weighted by atomic mass is 9.88. The van der Waals surface area contributed by atoms with Gasteiger partial charge in [-0.3, -0.25) is 9.78 Å². The molecule has 38 heavy (non-hydrogen) atoms. The number of rotatable bonds is 7. The van der Waals surface area contributed by atoms with Crippen molar-refractivity contribution in [3.05, 3.63) is 59.3 Å². The first kappa shape index (κ1) is 25.5. The molecule has 1 aromatic carbocycles. The van der Waals surface area contributed by atoms with E-state index in [4.69, 9.17) is 4.74 Å². The van der Waals surface area contributed by atoms with E-state index < -0.39 is 5.82 Å². The molecule has 0 spiro atoms. The number of hydrogen-bond acceptors (Lipinski definition) is 5. The minimum atomic E-state index is -0.441. The van der Waals surface area contributed by atoms with Crippen molar-refractivity contribution in [1.29, 1.82) is 0 Å². The Morgan fingerprint density at radius 2 is 1.95 bits per heavy atom. The van der Waals surface area contributed by atoms with Crippen molar-refractivity contribution in [1.82, 2.24) is 19.4 Å². The smallest absolute Gasteiger partial charge is 0.256 e. The minimum Gasteiger partial charge on any atom is -0.393 e. The summed E-state index contributed by atoms with van der Waals surface area (Å²) in [5, 5.41) is 10.9. The van der Waals surface area contributed by atoms with Gasteiger partial charge >= 0.3 is 0 Å². The van der Waals surface area contributed by atoms with Crippen molar-refractivity contribution >= 4 is 16.8 Å². The summed E-state index contributed by atoms with van der Waals surface area (Å²) in [7, 11) is 1.74. The van der Waals surface area contributed by atoms with Gasteiger partial charge in [-0.25, -0.2) is 4.39 Å². The third-order valence-electron chi connectivity index (χ3n) is 8.78. The van der Waals surface area contributed by atoms with Gasteiger partial charge < -0.3 is 24.2 Å². The summed E-state index contributed by atoms with van der Waals surface area (Å²) >= 11 is 0. The van der Waals surface area contributed by atoms with Gasteiger partial charge in [0.05, 0.1) is 29.1 Å². The molecule has 7 nitrogen and oxygen atoms in total. The number of likely N-dealkylation sites (tertiary alicyclic amines) is 1. The maximum absolute atomic E-state index is 14.4. The molecule has 8 heteroatoms. The summed E-state index contributed by atoms with van der Waals surface area (Å²) in [6.45, 7) is 7.23. The van der Waals surface area contributed by atoms with Crippen molar-refractivity contribution < 1.29 is 19.0 Å². The number of pyridine rings is 1. The van der Waals surface area contributed by atoms with E-state index in [0.717, 1.165) is 69.1 Å². The van der Waals surface area contributed by atoms with Crippen molar-refractivity contribution in [2.24, 2.45) is 11.8 Å². The molecule has 1 N–H and O–H groups in total. The molecule has 4 heterocycles. The number of carbonyl (C=O) groups is 1. The highest BCUT2D eigenvalue weighted by Crippen LogP contribution is 2.34. The molecule has 1 saturated carbocycles. The zero-order chi connectivity index (χ0) is 26.4. The number of aliphatic hydroxyl groups is 1. The van der Waals surface area contributed by atoms with Crippen molar-refractivity contribution in [3.8, 4) is 5.69 Å². The van der Waals surface area contributed by atoms with Gasteiger partial charge in [0.1, 0.15) is 5.82 Å². The van der Waals surface area contributed by atoms with Gasteiger partial charge in [0.2, 0.25) is 0 Å². The second-order valence-corrected chi connectivity index (χ2v) is 11.6. The Bertz CT molecular complexity index is 1320. The molecule has 1 aliphatic carbocycles. The van der Waals surface area contributed by atoms with Crippen LogP contribution in [0.5, 0.6) is 0 Å². The summed E-state index contributed by atoms with van der Waals surface area (Å²) in [6, 6.07) is 4.40. The Morgan fingerprint density at radius 3 is 2.68 bits per heavy atom. The number of aliphatic hydroxyl groups excluding tert-OH is 1. The fraction of sp³-hybridized carbons (Fsp3) is 0.533. The summed E-state index contributed by atoms with van der Waals surface area (Å²) in [5.41, 5.74) is 4.26. The molecular formula is C30H37FN4O3. The summed E-state index contributed by atoms with van der Waals surface area (Å²) in [5.74, 6) is 0.662. The Hall–Kier alpha value is -2.81. The first-order chi connectivity index (χ1) is 18.4. The fourth-order valence-electron chi connectivity index (χ4n) is 6.48. The Balaban J connectivity index is 1.27. The Morgan fingerprint density at radius 1 is 1.18 bits per heavy atom. The Kier molecular flexibility index (Phi) is 6.97. The van der Waals surface area contributed by atoms with Gasteiger partial charge in [0, 0.05) is 63.7 Å². The van der Waals surface area contributed by atoms with E-state index in [2.05, 4.69) is 23.0 Å². The first-order valence-electron chi connectivity index (χ1n) is 13.9. The van der Waals surface area contributed by atoms with Crippen LogP contribution in [0.4, 0.5) is 4.39 Å². The van der Waals surface area contributed by atoms with Crippen LogP contribution in [0.1, 0.15) is 47.2 Å². The summed E-state index contributed by atoms with van der Waals surface area (Å²) < 4.78 is 21.9. The van der Waals surface area contributed by atoms with Crippen LogP contribution in [0.2, 0.25) is 0 Å². The monoisotopic (exact) mass is 520 g/mol. The second kappa shape index (κ2) is 10.4. The Labute approximate surface area is 223 Å². The maximum atomic E-state index is 14.4. The lowest BCUT2D eigenvalue weighted by Crippen LogP contribution is -2.49. The highest BCUT2D eigenvalue weighted by Gasteiger charge is 2.34. The van der Waals surface area contributed by atoms with Crippen LogP contribution in [-0.2, 0) is 11.2 Å². The van der Waals surface area contributed by atoms with Crippen LogP contribution in [0.3, 0.4) is 0 Å². The molecule has 2 aromatic heterocycles. The molecule has 1 amide bonds. The van der Waals surface area contributed by atoms with Crippen LogP contribution < -0.4 is 0 Å². The van der Waals surface area contributed by atoms with Crippen LogP contribution >= 0.6 is 0 Å². The minimum absolute atomic E-state index is 0.0304. The lowest BCUT2D eigenvalue weighted by molar-refractivity contribution is 0.0132. The van der Waals surface area contributed by atoms with Crippen molar-refractivity contribution in [2.45, 2.75) is 51.2 Å². The molecule has 0 atom stereocenters. The molecule has 0 bridgehead atoms. The number of amides is 1. The number of aryl methyl sites for hydroxylation is 1. The number of aromatic nitrogens is 2. The van der Waals surface area contributed by atoms with Crippen molar-refractivity contribution in [2.75, 3.05) is 39.9 Å². The number of benzene rings is 1. The lowest BCUT2D eigenvalue weighted by Gasteiger charge is -2.42. The van der Waals surface area contributed by atoms with Crippen LogP contribution in [0.25, 0.3) is 16.6 Å². The molecule has 3 aromatic rings. The second-order valence-electron chi connectivity index (χ2n) is 11.6. The van der Waals surface area contributed by atoms with Crippen LogP contribution in [0.15, 0.2) is 36.8 Å². The third kappa shape index (κ3) is 4.85. The predicted octanol–water partition coefficient (Wildman–Crippen LogP) is 3.97. The normalized spacial score (nSPS) is 22.8. The molecule has 0 radical (unpaired) electrons. The maximum Gasteiger partial charge on any atom is 0.256 e. The average Bonchev–Trinajstić information content (AvgIpc) is 3.24. The topological polar surface area (TPSA) is 70.8 Å². The van der Waals surface area contributed by atoms with E-state index in [1.807, 2.05) is 17.0 Å². The number of hydrogen-bond donors (Lipinski definition) is 1. The molecule has 202 valence electrons. The zero-order valence-corrected chi connectivity index (χ0v) is 22.3. The molecular weight excluding hydrogens is 483 g/mol. The predicted molar refractivity (Wildman–Crippen MR) is 144 cm³/mol. The van der Waals surface area contributed by atoms with Gasteiger partial charge in [-0.15, -0.1) is 0 Å². The van der Waals surface area contributed by atoms with Gasteiger partial charge in [0.15, 0.2) is 0 Å². The van der Waals surface area contributed by atoms with Crippen LogP contribution in [0, 0.1) is 24.6 Å². The summed E-state index contributed by atoms with van der Waals surface area (Å²) in [6.07, 6.45) is 9.88. The first-order valence-corrected chi connectivity index (χ1v) is 13.9. The average molecular weight is 521 g/mol. The highest BCUT2D eigenvalue weighted by molar-refractivity contribution is 5.99. The van der Waals surface area contributed by atoms with Gasteiger partial charge in [-0.1, -0.05) is 0 Å². The molecule has 2 saturated heterocycles. The SMILES string of the molecule is Cc1cncc2c1c(CC1CN(CC3CCOCC3)C1)cn2-c1ccc(F)cc1C(=O)N(C)[C@H]1C[C@H](O)C1.